The zero-order valence-corrected chi connectivity index (χ0v) is 20.7. The average Bonchev–Trinajstić information content (AvgIpc) is 2.95. The summed E-state index contributed by atoms with van der Waals surface area (Å²) in [5.74, 6) is 0.899. The SMILES string of the molecule is CCNC(=NCc1c(C)nn(CCOC)c1C)NCC(C)Oc1cccc(F)c1.I. The van der Waals surface area contributed by atoms with Gasteiger partial charge in [0.1, 0.15) is 17.7 Å². The largest absolute Gasteiger partial charge is 0.489 e. The molecular formula is C21H33FIN5O2. The van der Waals surface area contributed by atoms with E-state index in [1.807, 2.05) is 25.5 Å². The molecule has 0 amide bonds. The standard InChI is InChI=1S/C21H32FN5O2.HI/c1-6-23-21(24-13-15(2)29-19-9-7-8-18(22)12-19)25-14-20-16(3)26-27(17(20)4)10-11-28-5;/h7-9,12,15H,6,10-11,13-14H2,1-5H3,(H2,23,24,25);1H. The number of halogens is 2. The average molecular weight is 533 g/mol. The second-order valence-corrected chi connectivity index (χ2v) is 6.83. The van der Waals surface area contributed by atoms with Crippen molar-refractivity contribution in [3.05, 3.63) is 47.0 Å². The number of guanidine groups is 1. The number of methoxy groups -OCH3 is 1. The first-order valence-corrected chi connectivity index (χ1v) is 9.90. The van der Waals surface area contributed by atoms with Crippen molar-refractivity contribution in [2.75, 3.05) is 26.8 Å². The molecule has 168 valence electrons. The van der Waals surface area contributed by atoms with Gasteiger partial charge in [-0.05, 0) is 39.8 Å². The molecule has 0 bridgehead atoms. The van der Waals surface area contributed by atoms with E-state index >= 15 is 0 Å². The smallest absolute Gasteiger partial charge is 0.191 e. The van der Waals surface area contributed by atoms with Gasteiger partial charge in [0.15, 0.2) is 5.96 Å². The molecule has 0 saturated carbocycles. The van der Waals surface area contributed by atoms with Crippen LogP contribution in [0.25, 0.3) is 0 Å². The topological polar surface area (TPSA) is 72.7 Å². The van der Waals surface area contributed by atoms with Crippen molar-refractivity contribution < 1.29 is 13.9 Å². The van der Waals surface area contributed by atoms with Crippen LogP contribution < -0.4 is 15.4 Å². The first-order valence-electron chi connectivity index (χ1n) is 9.90. The highest BCUT2D eigenvalue weighted by Crippen LogP contribution is 2.15. The molecule has 9 heteroatoms. The molecule has 1 aromatic carbocycles. The Hall–Kier alpha value is -1.88. The molecule has 0 saturated heterocycles. The minimum atomic E-state index is -0.311. The molecule has 0 aliphatic rings. The summed E-state index contributed by atoms with van der Waals surface area (Å²) in [6.07, 6.45) is -0.152. The highest BCUT2D eigenvalue weighted by Gasteiger charge is 2.12. The molecule has 0 spiro atoms. The van der Waals surface area contributed by atoms with E-state index < -0.39 is 0 Å². The van der Waals surface area contributed by atoms with Crippen molar-refractivity contribution in [1.82, 2.24) is 20.4 Å². The molecule has 1 atom stereocenters. The Bertz CT molecular complexity index is 813. The maximum absolute atomic E-state index is 13.3. The number of nitrogens with zero attached hydrogens (tertiary/aromatic N) is 3. The highest BCUT2D eigenvalue weighted by molar-refractivity contribution is 14.0. The Balaban J connectivity index is 0.00000450. The van der Waals surface area contributed by atoms with E-state index in [4.69, 9.17) is 9.47 Å². The zero-order valence-electron chi connectivity index (χ0n) is 18.4. The third-order valence-electron chi connectivity index (χ3n) is 4.47. The van der Waals surface area contributed by atoms with Gasteiger partial charge in [-0.1, -0.05) is 6.07 Å². The molecule has 1 heterocycles. The normalized spacial score (nSPS) is 12.3. The molecule has 1 unspecified atom stereocenters. The number of aromatic nitrogens is 2. The van der Waals surface area contributed by atoms with Gasteiger partial charge in [0.05, 0.1) is 31.9 Å². The maximum atomic E-state index is 13.3. The van der Waals surface area contributed by atoms with E-state index in [9.17, 15) is 4.39 Å². The van der Waals surface area contributed by atoms with E-state index in [2.05, 4.69) is 27.6 Å². The second-order valence-electron chi connectivity index (χ2n) is 6.83. The summed E-state index contributed by atoms with van der Waals surface area (Å²) in [7, 11) is 1.68. The van der Waals surface area contributed by atoms with Crippen LogP contribution in [0.2, 0.25) is 0 Å². The second kappa shape index (κ2) is 13.4. The Morgan fingerprint density at radius 2 is 2.07 bits per heavy atom. The fraction of sp³-hybridized carbons (Fsp3) is 0.524. The highest BCUT2D eigenvalue weighted by atomic mass is 127. The third kappa shape index (κ3) is 8.10. The van der Waals surface area contributed by atoms with Crippen molar-refractivity contribution in [3.8, 4) is 5.75 Å². The van der Waals surface area contributed by atoms with Crippen LogP contribution in [0.4, 0.5) is 4.39 Å². The van der Waals surface area contributed by atoms with Gasteiger partial charge in [-0.25, -0.2) is 9.38 Å². The van der Waals surface area contributed by atoms with E-state index in [1.54, 1.807) is 19.2 Å². The lowest BCUT2D eigenvalue weighted by Gasteiger charge is -2.17. The number of nitrogens with one attached hydrogen (secondary N) is 2. The Morgan fingerprint density at radius 1 is 1.30 bits per heavy atom. The predicted octanol–water partition coefficient (Wildman–Crippen LogP) is 3.43. The van der Waals surface area contributed by atoms with Crippen molar-refractivity contribution in [2.45, 2.75) is 46.9 Å². The van der Waals surface area contributed by atoms with Gasteiger partial charge in [0.2, 0.25) is 0 Å². The van der Waals surface area contributed by atoms with Crippen LogP contribution in [-0.2, 0) is 17.8 Å². The minimum Gasteiger partial charge on any atom is -0.489 e. The molecule has 0 aliphatic carbocycles. The number of rotatable bonds is 10. The molecule has 0 radical (unpaired) electrons. The van der Waals surface area contributed by atoms with Crippen LogP contribution in [-0.4, -0.2) is 48.7 Å². The molecule has 1 aromatic heterocycles. The van der Waals surface area contributed by atoms with E-state index in [-0.39, 0.29) is 35.9 Å². The van der Waals surface area contributed by atoms with Crippen LogP contribution in [0, 0.1) is 19.7 Å². The fourth-order valence-corrected chi connectivity index (χ4v) is 2.91. The first-order chi connectivity index (χ1) is 13.9. The van der Waals surface area contributed by atoms with Gasteiger partial charge in [0.25, 0.3) is 0 Å². The maximum Gasteiger partial charge on any atom is 0.191 e. The van der Waals surface area contributed by atoms with Gasteiger partial charge in [0, 0.05) is 31.0 Å². The number of aryl methyl sites for hydroxylation is 1. The van der Waals surface area contributed by atoms with E-state index in [1.165, 1.54) is 12.1 Å². The summed E-state index contributed by atoms with van der Waals surface area (Å²) in [6, 6.07) is 6.15. The van der Waals surface area contributed by atoms with Gasteiger partial charge >= 0.3 is 0 Å². The minimum absolute atomic E-state index is 0. The van der Waals surface area contributed by atoms with Gasteiger partial charge in [-0.3, -0.25) is 4.68 Å². The molecule has 0 fully saturated rings. The molecular weight excluding hydrogens is 500 g/mol. The number of aliphatic imine (C=N–C) groups is 1. The summed E-state index contributed by atoms with van der Waals surface area (Å²) in [5.41, 5.74) is 3.19. The number of hydrogen-bond donors (Lipinski definition) is 2. The number of benzene rings is 1. The molecule has 2 N–H and O–H groups in total. The summed E-state index contributed by atoms with van der Waals surface area (Å²) >= 11 is 0. The first kappa shape index (κ1) is 26.2. The summed E-state index contributed by atoms with van der Waals surface area (Å²) in [6.45, 7) is 11.1. The van der Waals surface area contributed by atoms with Gasteiger partial charge < -0.3 is 20.1 Å². The van der Waals surface area contributed by atoms with Gasteiger partial charge in [-0.2, -0.15) is 5.10 Å². The monoisotopic (exact) mass is 533 g/mol. The lowest BCUT2D eigenvalue weighted by molar-refractivity contribution is 0.182. The lowest BCUT2D eigenvalue weighted by atomic mass is 10.2. The lowest BCUT2D eigenvalue weighted by Crippen LogP contribution is -2.41. The predicted molar refractivity (Wildman–Crippen MR) is 128 cm³/mol. The molecule has 2 rings (SSSR count). The van der Waals surface area contributed by atoms with E-state index in [0.29, 0.717) is 31.4 Å². The third-order valence-corrected chi connectivity index (χ3v) is 4.47. The van der Waals surface area contributed by atoms with Gasteiger partial charge in [-0.15, -0.1) is 24.0 Å². The Kier molecular flexibility index (Phi) is 11.7. The van der Waals surface area contributed by atoms with Crippen molar-refractivity contribution in [3.63, 3.8) is 0 Å². The summed E-state index contributed by atoms with van der Waals surface area (Å²) < 4.78 is 26.1. The quantitative estimate of drug-likeness (QED) is 0.278. The fourth-order valence-electron chi connectivity index (χ4n) is 2.91. The molecule has 0 aliphatic heterocycles. The zero-order chi connectivity index (χ0) is 21.2. The molecule has 2 aromatic rings. The molecule has 30 heavy (non-hydrogen) atoms. The Morgan fingerprint density at radius 3 is 2.73 bits per heavy atom. The van der Waals surface area contributed by atoms with Crippen molar-refractivity contribution in [1.29, 1.82) is 0 Å². The van der Waals surface area contributed by atoms with Crippen LogP contribution in [0.1, 0.15) is 30.8 Å². The summed E-state index contributed by atoms with van der Waals surface area (Å²) in [5, 5.41) is 11.1. The van der Waals surface area contributed by atoms with Crippen LogP contribution in [0.3, 0.4) is 0 Å². The molecule has 7 nitrogen and oxygen atoms in total. The van der Waals surface area contributed by atoms with Crippen LogP contribution in [0.5, 0.6) is 5.75 Å². The van der Waals surface area contributed by atoms with Crippen LogP contribution in [0.15, 0.2) is 29.3 Å². The number of ether oxygens (including phenoxy) is 2. The van der Waals surface area contributed by atoms with Crippen molar-refractivity contribution >= 4 is 29.9 Å². The number of hydrogen-bond acceptors (Lipinski definition) is 4. The van der Waals surface area contributed by atoms with Crippen molar-refractivity contribution in [2.24, 2.45) is 4.99 Å². The van der Waals surface area contributed by atoms with Crippen LogP contribution >= 0.6 is 24.0 Å². The van der Waals surface area contributed by atoms with E-state index in [0.717, 1.165) is 30.0 Å². The summed E-state index contributed by atoms with van der Waals surface area (Å²) in [4.78, 5) is 4.69. The Labute approximate surface area is 195 Å².